The lowest BCUT2D eigenvalue weighted by atomic mass is 10.2. The van der Waals surface area contributed by atoms with Crippen LogP contribution in [0.1, 0.15) is 36.0 Å². The molecule has 1 fully saturated rings. The second-order valence-electron chi connectivity index (χ2n) is 6.19. The Morgan fingerprint density at radius 1 is 1.14 bits per heavy atom. The average Bonchev–Trinajstić information content (AvgIpc) is 2.82. The zero-order valence-electron chi connectivity index (χ0n) is 13.0. The highest BCUT2D eigenvalue weighted by atomic mass is 32.1. The molecule has 1 aliphatic heterocycles. The zero-order chi connectivity index (χ0) is 15.6. The van der Waals surface area contributed by atoms with Crippen molar-refractivity contribution in [3.8, 4) is 0 Å². The maximum absolute atomic E-state index is 12.4. The molecule has 1 aromatic heterocycles. The summed E-state index contributed by atoms with van der Waals surface area (Å²) in [6.07, 6.45) is -0.304. The van der Waals surface area contributed by atoms with Crippen LogP contribution in [-0.2, 0) is 4.74 Å². The predicted molar refractivity (Wildman–Crippen MR) is 82.8 cm³/mol. The molecular weight excluding hydrogens is 288 g/mol. The Labute approximate surface area is 129 Å². The van der Waals surface area contributed by atoms with Crippen molar-refractivity contribution >= 4 is 23.3 Å². The van der Waals surface area contributed by atoms with E-state index in [0.29, 0.717) is 26.2 Å². The number of hydrogen-bond donors (Lipinski definition) is 0. The van der Waals surface area contributed by atoms with Crippen molar-refractivity contribution in [3.63, 3.8) is 0 Å². The van der Waals surface area contributed by atoms with Crippen molar-refractivity contribution in [2.75, 3.05) is 26.2 Å². The van der Waals surface area contributed by atoms with Crippen LogP contribution in [0.5, 0.6) is 0 Å². The topological polar surface area (TPSA) is 49.9 Å². The summed E-state index contributed by atoms with van der Waals surface area (Å²) < 4.78 is 5.35. The van der Waals surface area contributed by atoms with Crippen molar-refractivity contribution in [2.45, 2.75) is 33.3 Å². The Hall–Kier alpha value is -1.56. The molecule has 21 heavy (non-hydrogen) atoms. The molecule has 1 saturated heterocycles. The van der Waals surface area contributed by atoms with Gasteiger partial charge >= 0.3 is 6.09 Å². The number of carbonyl (C=O) groups excluding carboxylic acids is 2. The number of aryl methyl sites for hydroxylation is 1. The number of hydrogen-bond acceptors (Lipinski definition) is 4. The summed E-state index contributed by atoms with van der Waals surface area (Å²) in [6.45, 7) is 9.64. The molecule has 0 N–H and O–H groups in total. The third kappa shape index (κ3) is 3.97. The van der Waals surface area contributed by atoms with E-state index in [2.05, 4.69) is 0 Å². The SMILES string of the molecule is Cc1ccsc1C(=O)N1CCN(C(=O)OC(C)(C)C)CC1. The van der Waals surface area contributed by atoms with Gasteiger partial charge in [-0.1, -0.05) is 0 Å². The molecule has 0 spiro atoms. The fourth-order valence-electron chi connectivity index (χ4n) is 2.15. The maximum atomic E-state index is 12.4. The Morgan fingerprint density at radius 3 is 2.19 bits per heavy atom. The standard InChI is InChI=1S/C15H22N2O3S/c1-11-5-10-21-12(11)13(18)16-6-8-17(9-7-16)14(19)20-15(2,3)4/h5,10H,6-9H2,1-4H3. The molecule has 0 atom stereocenters. The number of thiophene rings is 1. The summed E-state index contributed by atoms with van der Waals surface area (Å²) in [5.74, 6) is 0.0614. The lowest BCUT2D eigenvalue weighted by Gasteiger charge is -2.35. The van der Waals surface area contributed by atoms with Gasteiger partial charge in [-0.2, -0.15) is 0 Å². The molecule has 2 heterocycles. The number of ether oxygens (including phenoxy) is 1. The van der Waals surface area contributed by atoms with Gasteiger partial charge in [0.25, 0.3) is 5.91 Å². The lowest BCUT2D eigenvalue weighted by Crippen LogP contribution is -2.51. The van der Waals surface area contributed by atoms with E-state index in [1.165, 1.54) is 11.3 Å². The molecule has 0 saturated carbocycles. The average molecular weight is 310 g/mol. The fraction of sp³-hybridized carbons (Fsp3) is 0.600. The van der Waals surface area contributed by atoms with Gasteiger partial charge in [-0.25, -0.2) is 4.79 Å². The van der Waals surface area contributed by atoms with Gasteiger partial charge in [-0.15, -0.1) is 11.3 Å². The third-order valence-electron chi connectivity index (χ3n) is 3.27. The first kappa shape index (κ1) is 15.8. The van der Waals surface area contributed by atoms with Gasteiger partial charge in [0.2, 0.25) is 0 Å². The van der Waals surface area contributed by atoms with E-state index in [1.54, 1.807) is 9.80 Å². The van der Waals surface area contributed by atoms with Crippen molar-refractivity contribution < 1.29 is 14.3 Å². The number of carbonyl (C=O) groups is 2. The van der Waals surface area contributed by atoms with Crippen molar-refractivity contribution in [2.24, 2.45) is 0 Å². The Morgan fingerprint density at radius 2 is 1.71 bits per heavy atom. The van der Waals surface area contributed by atoms with Crippen molar-refractivity contribution in [1.82, 2.24) is 9.80 Å². The number of amides is 2. The van der Waals surface area contributed by atoms with Gasteiger partial charge in [0.1, 0.15) is 5.60 Å². The lowest BCUT2D eigenvalue weighted by molar-refractivity contribution is 0.0141. The molecule has 0 radical (unpaired) electrons. The fourth-order valence-corrected chi connectivity index (χ4v) is 3.05. The quantitative estimate of drug-likeness (QED) is 0.801. The van der Waals surface area contributed by atoms with Crippen LogP contribution in [0.4, 0.5) is 4.79 Å². The minimum absolute atomic E-state index is 0.0614. The molecule has 116 valence electrons. The Kier molecular flexibility index (Phi) is 4.56. The van der Waals surface area contributed by atoms with Crippen molar-refractivity contribution in [3.05, 3.63) is 21.9 Å². The highest BCUT2D eigenvalue weighted by Crippen LogP contribution is 2.19. The van der Waals surface area contributed by atoms with Crippen molar-refractivity contribution in [1.29, 1.82) is 0 Å². The molecule has 5 nitrogen and oxygen atoms in total. The molecule has 0 bridgehead atoms. The molecule has 2 amide bonds. The highest BCUT2D eigenvalue weighted by Gasteiger charge is 2.28. The van der Waals surface area contributed by atoms with Crippen LogP contribution in [0.25, 0.3) is 0 Å². The molecular formula is C15H22N2O3S. The number of rotatable bonds is 1. The first-order valence-corrected chi connectivity index (χ1v) is 7.97. The molecule has 0 aromatic carbocycles. The summed E-state index contributed by atoms with van der Waals surface area (Å²) in [4.78, 5) is 28.6. The van der Waals surface area contributed by atoms with Crippen LogP contribution < -0.4 is 0 Å². The summed E-state index contributed by atoms with van der Waals surface area (Å²) in [7, 11) is 0. The van der Waals surface area contributed by atoms with E-state index in [0.717, 1.165) is 10.4 Å². The van der Waals surface area contributed by atoms with Crippen LogP contribution in [0, 0.1) is 6.92 Å². The molecule has 6 heteroatoms. The maximum Gasteiger partial charge on any atom is 0.410 e. The first-order valence-electron chi connectivity index (χ1n) is 7.09. The van der Waals surface area contributed by atoms with E-state index in [4.69, 9.17) is 4.74 Å². The summed E-state index contributed by atoms with van der Waals surface area (Å²) in [6, 6.07) is 1.95. The summed E-state index contributed by atoms with van der Waals surface area (Å²) >= 11 is 1.47. The second kappa shape index (κ2) is 6.05. The minimum Gasteiger partial charge on any atom is -0.444 e. The van der Waals surface area contributed by atoms with E-state index in [1.807, 2.05) is 39.1 Å². The summed E-state index contributed by atoms with van der Waals surface area (Å²) in [5.41, 5.74) is 0.526. The summed E-state index contributed by atoms with van der Waals surface area (Å²) in [5, 5.41) is 1.93. The second-order valence-corrected chi connectivity index (χ2v) is 7.11. The van der Waals surface area contributed by atoms with Gasteiger partial charge in [-0.3, -0.25) is 4.79 Å². The normalized spacial score (nSPS) is 16.0. The number of piperazine rings is 1. The first-order chi connectivity index (χ1) is 9.78. The van der Waals surface area contributed by atoms with Gasteiger partial charge in [-0.05, 0) is 44.7 Å². The number of nitrogens with zero attached hydrogens (tertiary/aromatic N) is 2. The molecule has 0 aliphatic carbocycles. The molecule has 2 rings (SSSR count). The van der Waals surface area contributed by atoms with Crippen LogP contribution >= 0.6 is 11.3 Å². The van der Waals surface area contributed by atoms with Gasteiger partial charge in [0, 0.05) is 26.2 Å². The van der Waals surface area contributed by atoms with Gasteiger partial charge in [0.15, 0.2) is 0 Å². The van der Waals surface area contributed by atoms with E-state index >= 15 is 0 Å². The Bertz CT molecular complexity index is 525. The molecule has 0 unspecified atom stereocenters. The van der Waals surface area contributed by atoms with Gasteiger partial charge in [0.05, 0.1) is 4.88 Å². The van der Waals surface area contributed by atoms with E-state index in [-0.39, 0.29) is 12.0 Å². The minimum atomic E-state index is -0.488. The zero-order valence-corrected chi connectivity index (χ0v) is 13.8. The van der Waals surface area contributed by atoms with Crippen LogP contribution in [0.2, 0.25) is 0 Å². The molecule has 1 aliphatic rings. The highest BCUT2D eigenvalue weighted by molar-refractivity contribution is 7.12. The Balaban J connectivity index is 1.90. The smallest absolute Gasteiger partial charge is 0.410 e. The largest absolute Gasteiger partial charge is 0.444 e. The van der Waals surface area contributed by atoms with Crippen LogP contribution in [0.3, 0.4) is 0 Å². The van der Waals surface area contributed by atoms with E-state index < -0.39 is 5.60 Å². The van der Waals surface area contributed by atoms with E-state index in [9.17, 15) is 9.59 Å². The van der Waals surface area contributed by atoms with Crippen LogP contribution in [-0.4, -0.2) is 53.6 Å². The predicted octanol–water partition coefficient (Wildman–Crippen LogP) is 2.75. The van der Waals surface area contributed by atoms with Crippen LogP contribution in [0.15, 0.2) is 11.4 Å². The van der Waals surface area contributed by atoms with Gasteiger partial charge < -0.3 is 14.5 Å². The monoisotopic (exact) mass is 310 g/mol. The third-order valence-corrected chi connectivity index (χ3v) is 4.28. The molecule has 1 aromatic rings.